The molecule has 0 N–H and O–H groups in total. The Morgan fingerprint density at radius 3 is 2.38 bits per heavy atom. The van der Waals surface area contributed by atoms with Gasteiger partial charge in [0.2, 0.25) is 0 Å². The molecule has 3 aromatic heterocycles. The van der Waals surface area contributed by atoms with Gasteiger partial charge in [-0.3, -0.25) is 19.2 Å². The monoisotopic (exact) mass is 462 g/mol. The number of rotatable bonds is 4. The quantitative estimate of drug-likeness (QED) is 0.512. The smallest absolute Gasteiger partial charge is 0.138 e. The molecule has 34 heavy (non-hydrogen) atoms. The summed E-state index contributed by atoms with van der Waals surface area (Å²) < 4.78 is 2.31. The number of piperazine rings is 1. The molecule has 5 rings (SSSR count). The first-order chi connectivity index (χ1) is 16.5. The van der Waals surface area contributed by atoms with Crippen molar-refractivity contribution in [1.82, 2.24) is 24.2 Å². The lowest BCUT2D eigenvalue weighted by molar-refractivity contribution is 0.109. The Balaban J connectivity index is 0.00000133. The predicted molar refractivity (Wildman–Crippen MR) is 142 cm³/mol. The Hall–Kier alpha value is -2.44. The van der Waals surface area contributed by atoms with Gasteiger partial charge in [-0.2, -0.15) is 0 Å². The van der Waals surface area contributed by atoms with Crippen LogP contribution in [0.25, 0.3) is 5.65 Å². The summed E-state index contributed by atoms with van der Waals surface area (Å²) in [5.74, 6) is 1.26. The van der Waals surface area contributed by atoms with E-state index < -0.39 is 0 Å². The summed E-state index contributed by atoms with van der Waals surface area (Å²) in [5, 5.41) is 0. The highest BCUT2D eigenvalue weighted by Crippen LogP contribution is 2.40. The zero-order valence-electron chi connectivity index (χ0n) is 21.9. The van der Waals surface area contributed by atoms with Gasteiger partial charge in [-0.25, -0.2) is 4.98 Å². The normalized spacial score (nSPS) is 22.1. The number of nitrogens with zero attached hydrogens (tertiary/aromatic N) is 6. The molecule has 2 unspecified atom stereocenters. The van der Waals surface area contributed by atoms with Gasteiger partial charge in [-0.15, -0.1) is 0 Å². The minimum absolute atomic E-state index is 0.320. The van der Waals surface area contributed by atoms with Gasteiger partial charge in [-0.05, 0) is 70.8 Å². The van der Waals surface area contributed by atoms with E-state index in [1.165, 1.54) is 29.2 Å². The molecule has 6 heteroatoms. The molecule has 0 saturated carbocycles. The molecule has 3 aromatic rings. The van der Waals surface area contributed by atoms with Crippen molar-refractivity contribution in [3.05, 3.63) is 59.7 Å². The number of aryl methyl sites for hydroxylation is 1. The maximum atomic E-state index is 5.10. The Kier molecular flexibility index (Phi) is 7.89. The largest absolute Gasteiger partial charge is 0.355 e. The second kappa shape index (κ2) is 10.9. The van der Waals surface area contributed by atoms with Crippen molar-refractivity contribution < 1.29 is 0 Å². The van der Waals surface area contributed by atoms with Gasteiger partial charge in [0, 0.05) is 44.6 Å². The van der Waals surface area contributed by atoms with Gasteiger partial charge in [0.15, 0.2) is 0 Å². The molecule has 0 bridgehead atoms. The Bertz CT molecular complexity index is 1070. The summed E-state index contributed by atoms with van der Waals surface area (Å²) in [6.45, 7) is 15.1. The summed E-state index contributed by atoms with van der Waals surface area (Å²) in [5.41, 5.74) is 4.72. The fourth-order valence-corrected chi connectivity index (χ4v) is 5.56. The van der Waals surface area contributed by atoms with Gasteiger partial charge in [-0.1, -0.05) is 26.0 Å². The van der Waals surface area contributed by atoms with Crippen LogP contribution in [0.5, 0.6) is 0 Å². The van der Waals surface area contributed by atoms with E-state index >= 15 is 0 Å². The first-order valence-electron chi connectivity index (χ1n) is 13.1. The first kappa shape index (κ1) is 24.7. The Labute approximate surface area is 205 Å². The number of aromatic nitrogens is 3. The third-order valence-electron chi connectivity index (χ3n) is 7.50. The number of pyridine rings is 2. The van der Waals surface area contributed by atoms with Crippen LogP contribution in [0, 0.1) is 6.92 Å². The molecular weight excluding hydrogens is 420 g/mol. The maximum Gasteiger partial charge on any atom is 0.138 e. The second-order valence-electron chi connectivity index (χ2n) is 9.73. The van der Waals surface area contributed by atoms with E-state index in [1.54, 1.807) is 0 Å². The van der Waals surface area contributed by atoms with Gasteiger partial charge in [0.25, 0.3) is 0 Å². The molecule has 0 aliphatic carbocycles. The molecule has 2 saturated heterocycles. The lowest BCUT2D eigenvalue weighted by Crippen LogP contribution is -2.49. The van der Waals surface area contributed by atoms with Crippen molar-refractivity contribution in [2.45, 2.75) is 72.0 Å². The van der Waals surface area contributed by atoms with Crippen LogP contribution in [0.3, 0.4) is 0 Å². The van der Waals surface area contributed by atoms with Crippen LogP contribution in [0.4, 0.5) is 5.82 Å². The van der Waals surface area contributed by atoms with Crippen molar-refractivity contribution in [2.75, 3.05) is 38.1 Å². The van der Waals surface area contributed by atoms with E-state index in [0.717, 1.165) is 44.7 Å². The minimum atomic E-state index is 0.320. The lowest BCUT2D eigenvalue weighted by Gasteiger charge is -2.39. The van der Waals surface area contributed by atoms with Gasteiger partial charge >= 0.3 is 0 Å². The van der Waals surface area contributed by atoms with E-state index in [0.29, 0.717) is 18.1 Å². The highest BCUT2D eigenvalue weighted by Gasteiger charge is 2.33. The van der Waals surface area contributed by atoms with Gasteiger partial charge in [0.1, 0.15) is 11.5 Å². The zero-order valence-corrected chi connectivity index (χ0v) is 21.9. The van der Waals surface area contributed by atoms with E-state index in [4.69, 9.17) is 9.97 Å². The third-order valence-corrected chi connectivity index (χ3v) is 7.50. The summed E-state index contributed by atoms with van der Waals surface area (Å²) >= 11 is 0. The molecular formula is C28H42N6. The Morgan fingerprint density at radius 1 is 0.941 bits per heavy atom. The average molecular weight is 463 g/mol. The van der Waals surface area contributed by atoms with Crippen molar-refractivity contribution in [3.63, 3.8) is 0 Å². The molecule has 184 valence electrons. The molecule has 0 radical (unpaired) electrons. The van der Waals surface area contributed by atoms with Crippen LogP contribution in [0.1, 0.15) is 76.0 Å². The number of hydrogen-bond donors (Lipinski definition) is 0. The molecule has 0 amide bonds. The topological polar surface area (TPSA) is 39.9 Å². The van der Waals surface area contributed by atoms with Crippen LogP contribution in [0.15, 0.2) is 42.7 Å². The number of piperidine rings is 1. The van der Waals surface area contributed by atoms with E-state index in [-0.39, 0.29) is 0 Å². The van der Waals surface area contributed by atoms with E-state index in [9.17, 15) is 0 Å². The molecule has 2 aliphatic rings. The molecule has 2 fully saturated rings. The summed E-state index contributed by atoms with van der Waals surface area (Å²) in [7, 11) is 2.25. The van der Waals surface area contributed by atoms with Crippen LogP contribution in [-0.2, 0) is 0 Å². The molecule has 2 aliphatic heterocycles. The zero-order chi connectivity index (χ0) is 24.2. The van der Waals surface area contributed by atoms with Crippen LogP contribution < -0.4 is 4.90 Å². The SMILES string of the molecule is CC.Cc1cccnc1C1CCCC(c2cn3c(N4CCN(C(C)C)CC4)cccc3n2)N1C. The second-order valence-corrected chi connectivity index (χ2v) is 9.73. The third kappa shape index (κ3) is 4.84. The fraction of sp³-hybridized carbons (Fsp3) is 0.571. The minimum Gasteiger partial charge on any atom is -0.355 e. The number of fused-ring (bicyclic) bond motifs is 1. The van der Waals surface area contributed by atoms with Gasteiger partial charge in [0.05, 0.1) is 23.5 Å². The highest BCUT2D eigenvalue weighted by molar-refractivity contribution is 5.53. The summed E-state index contributed by atoms with van der Waals surface area (Å²) in [6.07, 6.45) is 7.71. The van der Waals surface area contributed by atoms with Gasteiger partial charge < -0.3 is 4.90 Å². The van der Waals surface area contributed by atoms with Crippen LogP contribution in [-0.4, -0.2) is 63.4 Å². The van der Waals surface area contributed by atoms with Crippen molar-refractivity contribution in [2.24, 2.45) is 0 Å². The molecule has 6 nitrogen and oxygen atoms in total. The molecule has 5 heterocycles. The lowest BCUT2D eigenvalue weighted by atomic mass is 9.91. The highest BCUT2D eigenvalue weighted by atomic mass is 15.3. The fourth-order valence-electron chi connectivity index (χ4n) is 5.56. The number of hydrogen-bond acceptors (Lipinski definition) is 5. The standard InChI is InChI=1S/C26H36N6.C2H6/c1-19(2)30-14-16-31(17-15-30)25-12-6-11-24-28-21(18-32(24)25)22-9-5-10-23(29(22)4)26-20(3)8-7-13-27-26;1-2/h6-8,11-13,18-19,22-23H,5,9-10,14-17H2,1-4H3;1-2H3. The number of imidazole rings is 1. The molecule has 0 spiro atoms. The van der Waals surface area contributed by atoms with Crippen LogP contribution >= 0.6 is 0 Å². The van der Waals surface area contributed by atoms with Crippen molar-refractivity contribution in [3.8, 4) is 0 Å². The Morgan fingerprint density at radius 2 is 1.68 bits per heavy atom. The van der Waals surface area contributed by atoms with E-state index in [2.05, 4.69) is 77.4 Å². The maximum absolute atomic E-state index is 5.10. The van der Waals surface area contributed by atoms with Crippen molar-refractivity contribution in [1.29, 1.82) is 0 Å². The summed E-state index contributed by atoms with van der Waals surface area (Å²) in [6, 6.07) is 12.0. The summed E-state index contributed by atoms with van der Waals surface area (Å²) in [4.78, 5) is 17.4. The first-order valence-corrected chi connectivity index (χ1v) is 13.1. The predicted octanol–water partition coefficient (Wildman–Crippen LogP) is 5.49. The van der Waals surface area contributed by atoms with Crippen molar-refractivity contribution >= 4 is 11.5 Å². The molecule has 2 atom stereocenters. The number of anilines is 1. The number of likely N-dealkylation sites (tertiary alicyclic amines) is 1. The van der Waals surface area contributed by atoms with E-state index in [1.807, 2.05) is 26.1 Å². The molecule has 0 aromatic carbocycles. The average Bonchev–Trinajstić information content (AvgIpc) is 3.30. The van der Waals surface area contributed by atoms with Crippen LogP contribution in [0.2, 0.25) is 0 Å².